The van der Waals surface area contributed by atoms with E-state index in [0.717, 1.165) is 5.56 Å². The largest absolute Gasteiger partial charge is 0.394 e. The molecular formula is C14H21N3O3. The summed E-state index contributed by atoms with van der Waals surface area (Å²) in [5.74, 6) is -0.0490. The lowest BCUT2D eigenvalue weighted by atomic mass is 10.1. The highest BCUT2D eigenvalue weighted by Crippen LogP contribution is 2.10. The third kappa shape index (κ3) is 5.27. The van der Waals surface area contributed by atoms with Gasteiger partial charge >= 0.3 is 6.03 Å². The molecule has 6 heteroatoms. The van der Waals surface area contributed by atoms with E-state index in [9.17, 15) is 14.7 Å². The molecule has 0 aliphatic heterocycles. The van der Waals surface area contributed by atoms with Crippen LogP contribution in [0.15, 0.2) is 30.3 Å². The van der Waals surface area contributed by atoms with Crippen LogP contribution < -0.4 is 10.6 Å². The minimum atomic E-state index is -0.458. The lowest BCUT2D eigenvalue weighted by molar-refractivity contribution is -0.128. The van der Waals surface area contributed by atoms with E-state index in [0.29, 0.717) is 0 Å². The van der Waals surface area contributed by atoms with E-state index >= 15 is 0 Å². The summed E-state index contributed by atoms with van der Waals surface area (Å²) in [6.07, 6.45) is 0.246. The predicted molar refractivity (Wildman–Crippen MR) is 76.1 cm³/mol. The molecule has 1 rings (SSSR count). The molecule has 0 aliphatic rings. The molecule has 1 atom stereocenters. The Balaban J connectivity index is 2.39. The van der Waals surface area contributed by atoms with Crippen LogP contribution in [0.4, 0.5) is 4.79 Å². The number of benzene rings is 1. The summed E-state index contributed by atoms with van der Waals surface area (Å²) in [7, 11) is 3.33. The third-order valence-electron chi connectivity index (χ3n) is 2.81. The van der Waals surface area contributed by atoms with Gasteiger partial charge in [0, 0.05) is 27.1 Å². The Morgan fingerprint density at radius 3 is 2.45 bits per heavy atom. The molecule has 20 heavy (non-hydrogen) atoms. The second-order valence-corrected chi connectivity index (χ2v) is 4.58. The van der Waals surface area contributed by atoms with Gasteiger partial charge in [-0.25, -0.2) is 4.79 Å². The molecule has 0 aliphatic carbocycles. The maximum Gasteiger partial charge on any atom is 0.315 e. The van der Waals surface area contributed by atoms with Crippen molar-refractivity contribution in [2.24, 2.45) is 0 Å². The third-order valence-corrected chi connectivity index (χ3v) is 2.81. The second kappa shape index (κ2) is 8.16. The Morgan fingerprint density at radius 2 is 1.90 bits per heavy atom. The summed E-state index contributed by atoms with van der Waals surface area (Å²) in [5.41, 5.74) is 0.828. The quantitative estimate of drug-likeness (QED) is 0.709. The van der Waals surface area contributed by atoms with Crippen LogP contribution in [0.1, 0.15) is 18.0 Å². The minimum absolute atomic E-state index is 0.0490. The van der Waals surface area contributed by atoms with Gasteiger partial charge in [0.15, 0.2) is 0 Å². The molecule has 0 unspecified atom stereocenters. The van der Waals surface area contributed by atoms with E-state index in [4.69, 9.17) is 0 Å². The molecule has 0 aromatic heterocycles. The first-order valence-corrected chi connectivity index (χ1v) is 6.45. The van der Waals surface area contributed by atoms with E-state index in [2.05, 4.69) is 10.6 Å². The molecule has 1 aromatic carbocycles. The van der Waals surface area contributed by atoms with E-state index in [1.54, 1.807) is 14.1 Å². The molecule has 0 saturated carbocycles. The Labute approximate surface area is 118 Å². The Hall–Kier alpha value is -2.08. The number of nitrogens with one attached hydrogen (secondary N) is 2. The van der Waals surface area contributed by atoms with Gasteiger partial charge in [-0.1, -0.05) is 30.3 Å². The SMILES string of the molecule is CN(C)C(=O)CCNC(=O)N[C@@H](CO)c1ccccc1. The summed E-state index contributed by atoms with van der Waals surface area (Å²) < 4.78 is 0. The fourth-order valence-electron chi connectivity index (χ4n) is 1.64. The van der Waals surface area contributed by atoms with Crippen LogP contribution in [0, 0.1) is 0 Å². The van der Waals surface area contributed by atoms with Crippen molar-refractivity contribution in [1.29, 1.82) is 0 Å². The molecule has 0 spiro atoms. The van der Waals surface area contributed by atoms with E-state index in [-0.39, 0.29) is 25.5 Å². The molecule has 0 bridgehead atoms. The van der Waals surface area contributed by atoms with Crippen molar-refractivity contribution in [2.45, 2.75) is 12.5 Å². The number of aliphatic hydroxyl groups is 1. The molecular weight excluding hydrogens is 258 g/mol. The fourth-order valence-corrected chi connectivity index (χ4v) is 1.64. The zero-order valence-electron chi connectivity index (χ0n) is 11.8. The fraction of sp³-hybridized carbons (Fsp3) is 0.429. The normalized spacial score (nSPS) is 11.6. The Bertz CT molecular complexity index is 435. The van der Waals surface area contributed by atoms with E-state index in [1.807, 2.05) is 30.3 Å². The number of aliphatic hydroxyl groups excluding tert-OH is 1. The van der Waals surface area contributed by atoms with Crippen LogP contribution in [0.5, 0.6) is 0 Å². The number of nitrogens with zero attached hydrogens (tertiary/aromatic N) is 1. The van der Waals surface area contributed by atoms with Crippen molar-refractivity contribution in [3.8, 4) is 0 Å². The lowest BCUT2D eigenvalue weighted by Gasteiger charge is -2.17. The number of rotatable bonds is 6. The predicted octanol–water partition coefficient (Wildman–Crippen LogP) is 0.498. The van der Waals surface area contributed by atoms with Gasteiger partial charge in [0.1, 0.15) is 0 Å². The summed E-state index contributed by atoms with van der Waals surface area (Å²) in [4.78, 5) is 24.5. The number of hydrogen-bond acceptors (Lipinski definition) is 3. The van der Waals surface area contributed by atoms with Crippen LogP contribution in [0.25, 0.3) is 0 Å². The molecule has 6 nitrogen and oxygen atoms in total. The molecule has 0 saturated heterocycles. The number of amides is 3. The van der Waals surface area contributed by atoms with Crippen molar-refractivity contribution in [3.05, 3.63) is 35.9 Å². The van der Waals surface area contributed by atoms with Gasteiger partial charge in [-0.15, -0.1) is 0 Å². The zero-order chi connectivity index (χ0) is 15.0. The van der Waals surface area contributed by atoms with Gasteiger partial charge in [-0.05, 0) is 5.56 Å². The first kappa shape index (κ1) is 16.0. The van der Waals surface area contributed by atoms with Crippen molar-refractivity contribution in [3.63, 3.8) is 0 Å². The molecule has 0 radical (unpaired) electrons. The van der Waals surface area contributed by atoms with Crippen LogP contribution in [0.2, 0.25) is 0 Å². The van der Waals surface area contributed by atoms with Gasteiger partial charge in [0.2, 0.25) is 5.91 Å². The monoisotopic (exact) mass is 279 g/mol. The molecule has 1 aromatic rings. The van der Waals surface area contributed by atoms with Crippen LogP contribution in [-0.4, -0.2) is 49.2 Å². The topological polar surface area (TPSA) is 81.7 Å². The van der Waals surface area contributed by atoms with Crippen LogP contribution in [0.3, 0.4) is 0 Å². The van der Waals surface area contributed by atoms with Crippen LogP contribution >= 0.6 is 0 Å². The second-order valence-electron chi connectivity index (χ2n) is 4.58. The maximum absolute atomic E-state index is 11.7. The van der Waals surface area contributed by atoms with Gasteiger partial charge in [0.25, 0.3) is 0 Å². The Morgan fingerprint density at radius 1 is 1.25 bits per heavy atom. The standard InChI is InChI=1S/C14H21N3O3/c1-17(2)13(19)8-9-15-14(20)16-12(10-18)11-6-4-3-5-7-11/h3-7,12,18H,8-10H2,1-2H3,(H2,15,16,20)/t12-/m0/s1. The first-order chi connectivity index (χ1) is 9.54. The van der Waals surface area contributed by atoms with Gasteiger partial charge in [0.05, 0.1) is 12.6 Å². The average molecular weight is 279 g/mol. The molecule has 0 fully saturated rings. The van der Waals surface area contributed by atoms with E-state index in [1.165, 1.54) is 4.90 Å². The molecule has 110 valence electrons. The summed E-state index contributed by atoms with van der Waals surface area (Å²) in [5, 5.41) is 14.6. The minimum Gasteiger partial charge on any atom is -0.394 e. The highest BCUT2D eigenvalue weighted by atomic mass is 16.3. The number of urea groups is 1. The Kier molecular flexibility index (Phi) is 6.52. The first-order valence-electron chi connectivity index (χ1n) is 6.45. The van der Waals surface area contributed by atoms with Crippen molar-refractivity contribution in [1.82, 2.24) is 15.5 Å². The average Bonchev–Trinajstić information content (AvgIpc) is 2.45. The van der Waals surface area contributed by atoms with E-state index < -0.39 is 12.1 Å². The molecule has 0 heterocycles. The molecule has 3 amide bonds. The zero-order valence-corrected chi connectivity index (χ0v) is 11.8. The number of hydrogen-bond donors (Lipinski definition) is 3. The van der Waals surface area contributed by atoms with Crippen molar-refractivity contribution < 1.29 is 14.7 Å². The maximum atomic E-state index is 11.7. The number of carbonyl (C=O) groups is 2. The van der Waals surface area contributed by atoms with Crippen LogP contribution in [-0.2, 0) is 4.79 Å². The lowest BCUT2D eigenvalue weighted by Crippen LogP contribution is -2.40. The van der Waals surface area contributed by atoms with Gasteiger partial charge in [-0.2, -0.15) is 0 Å². The van der Waals surface area contributed by atoms with Crippen molar-refractivity contribution in [2.75, 3.05) is 27.2 Å². The summed E-state index contributed by atoms with van der Waals surface area (Å²) in [6, 6.07) is 8.35. The number of carbonyl (C=O) groups excluding carboxylic acids is 2. The molecule has 3 N–H and O–H groups in total. The highest BCUT2D eigenvalue weighted by molar-refractivity contribution is 5.78. The smallest absolute Gasteiger partial charge is 0.315 e. The summed E-state index contributed by atoms with van der Waals surface area (Å²) in [6.45, 7) is 0.0733. The van der Waals surface area contributed by atoms with Gasteiger partial charge in [-0.3, -0.25) is 4.79 Å². The summed E-state index contributed by atoms with van der Waals surface area (Å²) >= 11 is 0. The van der Waals surface area contributed by atoms with Crippen molar-refractivity contribution >= 4 is 11.9 Å². The van der Waals surface area contributed by atoms with Gasteiger partial charge < -0.3 is 20.6 Å². The highest BCUT2D eigenvalue weighted by Gasteiger charge is 2.13.